The van der Waals surface area contributed by atoms with Crippen molar-refractivity contribution in [3.8, 4) is 0 Å². The first-order valence-electron chi connectivity index (χ1n) is 7.13. The third kappa shape index (κ3) is 4.99. The first-order chi connectivity index (χ1) is 10.4. The van der Waals surface area contributed by atoms with Crippen LogP contribution in [-0.4, -0.2) is 37.3 Å². The van der Waals surface area contributed by atoms with Gasteiger partial charge in [0.25, 0.3) is 10.0 Å². The summed E-state index contributed by atoms with van der Waals surface area (Å²) in [6.07, 6.45) is 0.656. The second-order valence-electron chi connectivity index (χ2n) is 5.05. The molecule has 2 aromatic rings. The van der Waals surface area contributed by atoms with E-state index < -0.39 is 10.0 Å². The van der Waals surface area contributed by atoms with Gasteiger partial charge in [0.1, 0.15) is 0 Å². The van der Waals surface area contributed by atoms with E-state index in [0.717, 1.165) is 16.1 Å². The molecule has 128 valence electrons. The van der Waals surface area contributed by atoms with E-state index in [2.05, 4.69) is 4.98 Å². The quantitative estimate of drug-likeness (QED) is 0.806. The van der Waals surface area contributed by atoms with Crippen LogP contribution in [0.2, 0.25) is 0 Å². The van der Waals surface area contributed by atoms with E-state index >= 15 is 0 Å². The summed E-state index contributed by atoms with van der Waals surface area (Å²) in [5, 5.41) is 0. The number of aromatic nitrogens is 1. The Morgan fingerprint density at radius 3 is 2.35 bits per heavy atom. The van der Waals surface area contributed by atoms with Crippen molar-refractivity contribution in [2.45, 2.75) is 24.6 Å². The van der Waals surface area contributed by atoms with Gasteiger partial charge in [0.15, 0.2) is 0 Å². The highest BCUT2D eigenvalue weighted by molar-refractivity contribution is 7.91. The normalized spacial score (nSPS) is 11.5. The maximum absolute atomic E-state index is 12.7. The van der Waals surface area contributed by atoms with Crippen molar-refractivity contribution < 1.29 is 8.42 Å². The molecule has 0 unspecified atom stereocenters. The number of aryl methyl sites for hydroxylation is 2. The minimum absolute atomic E-state index is 0. The van der Waals surface area contributed by atoms with Crippen LogP contribution in [0.15, 0.2) is 34.7 Å². The molecule has 0 fully saturated rings. The zero-order valence-corrected chi connectivity index (χ0v) is 15.7. The fourth-order valence-corrected chi connectivity index (χ4v) is 4.96. The third-order valence-corrected chi connectivity index (χ3v) is 6.77. The molecular weight excluding hydrogens is 354 g/mol. The second kappa shape index (κ2) is 8.75. The smallest absolute Gasteiger partial charge is 0.270 e. The highest BCUT2D eigenvalue weighted by Gasteiger charge is 2.27. The molecule has 0 amide bonds. The van der Waals surface area contributed by atoms with Gasteiger partial charge in [-0.15, -0.1) is 23.7 Å². The lowest BCUT2D eigenvalue weighted by Gasteiger charge is -2.20. The van der Waals surface area contributed by atoms with Crippen molar-refractivity contribution in [2.75, 3.05) is 19.6 Å². The number of thiazole rings is 1. The fourth-order valence-electron chi connectivity index (χ4n) is 2.06. The van der Waals surface area contributed by atoms with E-state index in [9.17, 15) is 8.42 Å². The number of hydrogen-bond donors (Lipinski definition) is 1. The Kier molecular flexibility index (Phi) is 7.63. The van der Waals surface area contributed by atoms with E-state index in [1.54, 1.807) is 0 Å². The van der Waals surface area contributed by atoms with Crippen LogP contribution in [-0.2, 0) is 16.4 Å². The number of nitrogens with two attached hydrogens (primary N) is 1. The highest BCUT2D eigenvalue weighted by Crippen LogP contribution is 2.24. The SMILES string of the molecule is Cc1nc(S(=O)(=O)N(CCN)CCc2ccccc2)sc1C.Cl. The lowest BCUT2D eigenvalue weighted by atomic mass is 10.1. The van der Waals surface area contributed by atoms with Gasteiger partial charge in [-0.25, -0.2) is 13.4 Å². The summed E-state index contributed by atoms with van der Waals surface area (Å²) in [5.41, 5.74) is 7.45. The maximum Gasteiger partial charge on any atom is 0.270 e. The van der Waals surface area contributed by atoms with Crippen molar-refractivity contribution >= 4 is 33.8 Å². The number of rotatable bonds is 7. The molecule has 0 bridgehead atoms. The Morgan fingerprint density at radius 2 is 1.83 bits per heavy atom. The third-order valence-electron chi connectivity index (χ3n) is 3.44. The zero-order valence-electron chi connectivity index (χ0n) is 13.2. The van der Waals surface area contributed by atoms with Crippen molar-refractivity contribution in [2.24, 2.45) is 5.73 Å². The lowest BCUT2D eigenvalue weighted by Crippen LogP contribution is -2.36. The minimum Gasteiger partial charge on any atom is -0.329 e. The summed E-state index contributed by atoms with van der Waals surface area (Å²) in [4.78, 5) is 5.11. The zero-order chi connectivity index (χ0) is 16.2. The molecule has 8 heteroatoms. The van der Waals surface area contributed by atoms with Gasteiger partial charge in [-0.05, 0) is 25.8 Å². The van der Waals surface area contributed by atoms with E-state index in [1.807, 2.05) is 44.2 Å². The van der Waals surface area contributed by atoms with Gasteiger partial charge < -0.3 is 5.73 Å². The van der Waals surface area contributed by atoms with E-state index in [-0.39, 0.29) is 23.3 Å². The molecule has 1 aromatic carbocycles. The van der Waals surface area contributed by atoms with Crippen molar-refractivity contribution in [3.63, 3.8) is 0 Å². The van der Waals surface area contributed by atoms with Crippen LogP contribution in [0.25, 0.3) is 0 Å². The molecule has 0 radical (unpaired) electrons. The van der Waals surface area contributed by atoms with Gasteiger partial charge in [0, 0.05) is 24.5 Å². The van der Waals surface area contributed by atoms with E-state index in [4.69, 9.17) is 5.73 Å². The van der Waals surface area contributed by atoms with Crippen LogP contribution < -0.4 is 5.73 Å². The number of hydrogen-bond acceptors (Lipinski definition) is 5. The van der Waals surface area contributed by atoms with Gasteiger partial charge in [0.2, 0.25) is 4.34 Å². The monoisotopic (exact) mass is 375 g/mol. The standard InChI is InChI=1S/C15H21N3O2S2.ClH/c1-12-13(2)21-15(17-12)22(19,20)18(11-9-16)10-8-14-6-4-3-5-7-14;/h3-7H,8-11,16H2,1-2H3;1H. The van der Waals surface area contributed by atoms with Crippen LogP contribution in [0.5, 0.6) is 0 Å². The summed E-state index contributed by atoms with van der Waals surface area (Å²) in [6.45, 7) is 4.69. The molecule has 1 aromatic heterocycles. The largest absolute Gasteiger partial charge is 0.329 e. The Bertz CT molecular complexity index is 698. The van der Waals surface area contributed by atoms with Gasteiger partial charge in [0.05, 0.1) is 5.69 Å². The first-order valence-corrected chi connectivity index (χ1v) is 9.39. The fraction of sp³-hybridized carbons (Fsp3) is 0.400. The Labute approximate surface area is 148 Å². The molecule has 0 spiro atoms. The van der Waals surface area contributed by atoms with Crippen LogP contribution in [0.3, 0.4) is 0 Å². The summed E-state index contributed by atoms with van der Waals surface area (Å²) in [6, 6.07) is 9.82. The molecule has 1 heterocycles. The van der Waals surface area contributed by atoms with Crippen molar-refractivity contribution in [1.29, 1.82) is 0 Å². The molecule has 0 saturated heterocycles. The number of halogens is 1. The minimum atomic E-state index is -3.57. The molecular formula is C15H22ClN3O2S2. The maximum atomic E-state index is 12.7. The molecule has 0 aliphatic rings. The van der Waals surface area contributed by atoms with Crippen LogP contribution in [0.4, 0.5) is 0 Å². The molecule has 0 aliphatic carbocycles. The second-order valence-corrected chi connectivity index (χ2v) is 8.36. The van der Waals surface area contributed by atoms with Gasteiger partial charge in [-0.3, -0.25) is 0 Å². The van der Waals surface area contributed by atoms with E-state index in [0.29, 0.717) is 19.5 Å². The summed E-state index contributed by atoms with van der Waals surface area (Å²) < 4.78 is 27.0. The Morgan fingerprint density at radius 1 is 1.17 bits per heavy atom. The Balaban J connectivity index is 0.00000264. The number of sulfonamides is 1. The molecule has 0 atom stereocenters. The summed E-state index contributed by atoms with van der Waals surface area (Å²) >= 11 is 1.22. The number of benzene rings is 1. The molecule has 2 N–H and O–H groups in total. The van der Waals surface area contributed by atoms with Gasteiger partial charge in [-0.2, -0.15) is 4.31 Å². The van der Waals surface area contributed by atoms with Gasteiger partial charge in [-0.1, -0.05) is 30.3 Å². The predicted octanol–water partition coefficient (Wildman–Crippen LogP) is 2.37. The van der Waals surface area contributed by atoms with Crippen LogP contribution in [0, 0.1) is 13.8 Å². The summed E-state index contributed by atoms with van der Waals surface area (Å²) in [5.74, 6) is 0. The van der Waals surface area contributed by atoms with Crippen LogP contribution >= 0.6 is 23.7 Å². The summed E-state index contributed by atoms with van der Waals surface area (Å²) in [7, 11) is -3.57. The Hall–Kier alpha value is -0.990. The van der Waals surface area contributed by atoms with E-state index in [1.165, 1.54) is 15.6 Å². The van der Waals surface area contributed by atoms with Crippen molar-refractivity contribution in [3.05, 3.63) is 46.5 Å². The number of nitrogens with zero attached hydrogens (tertiary/aromatic N) is 2. The highest BCUT2D eigenvalue weighted by atomic mass is 35.5. The molecule has 23 heavy (non-hydrogen) atoms. The topological polar surface area (TPSA) is 76.3 Å². The first kappa shape index (κ1) is 20.1. The molecule has 0 aliphatic heterocycles. The molecule has 2 rings (SSSR count). The predicted molar refractivity (Wildman–Crippen MR) is 96.8 cm³/mol. The van der Waals surface area contributed by atoms with Crippen LogP contribution in [0.1, 0.15) is 16.1 Å². The lowest BCUT2D eigenvalue weighted by molar-refractivity contribution is 0.421. The molecule has 0 saturated carbocycles. The average Bonchev–Trinajstić information content (AvgIpc) is 2.85. The average molecular weight is 376 g/mol. The van der Waals surface area contributed by atoms with Crippen molar-refractivity contribution in [1.82, 2.24) is 9.29 Å². The van der Waals surface area contributed by atoms with Gasteiger partial charge >= 0.3 is 0 Å². The molecule has 5 nitrogen and oxygen atoms in total.